The Kier molecular flexibility index (Phi) is 6.91. The lowest BCUT2D eigenvalue weighted by Gasteiger charge is -2.31. The SMILES string of the molecule is CCCOc1ccc(C2C(C(=O)OCC(C)C)=C(C)Nc3c2c(=O)n(C)c(=O)n3C)cc1. The van der Waals surface area contributed by atoms with Crippen molar-refractivity contribution in [2.24, 2.45) is 20.0 Å². The van der Waals surface area contributed by atoms with Crippen LogP contribution in [-0.4, -0.2) is 28.3 Å². The molecule has 0 spiro atoms. The van der Waals surface area contributed by atoms with Gasteiger partial charge in [0.1, 0.15) is 11.6 Å². The molecule has 2 aromatic rings. The molecule has 0 aliphatic carbocycles. The molecule has 8 nitrogen and oxygen atoms in total. The third kappa shape index (κ3) is 4.35. The predicted octanol–water partition coefficient (Wildman–Crippen LogP) is 2.90. The van der Waals surface area contributed by atoms with Crippen molar-refractivity contribution in [3.05, 3.63) is 67.5 Å². The van der Waals surface area contributed by atoms with Gasteiger partial charge in [0.25, 0.3) is 5.56 Å². The monoisotopic (exact) mass is 441 g/mol. The van der Waals surface area contributed by atoms with Gasteiger partial charge >= 0.3 is 11.7 Å². The van der Waals surface area contributed by atoms with Crippen molar-refractivity contribution in [1.29, 1.82) is 0 Å². The van der Waals surface area contributed by atoms with E-state index in [9.17, 15) is 14.4 Å². The smallest absolute Gasteiger partial charge is 0.336 e. The fourth-order valence-corrected chi connectivity index (χ4v) is 3.79. The second-order valence-electron chi connectivity index (χ2n) is 8.47. The van der Waals surface area contributed by atoms with Crippen molar-refractivity contribution in [2.75, 3.05) is 18.5 Å². The van der Waals surface area contributed by atoms with Gasteiger partial charge < -0.3 is 14.8 Å². The first-order valence-corrected chi connectivity index (χ1v) is 10.8. The molecule has 0 saturated carbocycles. The average Bonchev–Trinajstić information content (AvgIpc) is 2.78. The highest BCUT2D eigenvalue weighted by molar-refractivity contribution is 5.94. The van der Waals surface area contributed by atoms with Crippen LogP contribution >= 0.6 is 0 Å². The summed E-state index contributed by atoms with van der Waals surface area (Å²) >= 11 is 0. The number of benzene rings is 1. The lowest BCUT2D eigenvalue weighted by atomic mass is 9.82. The Morgan fingerprint density at radius 2 is 1.78 bits per heavy atom. The van der Waals surface area contributed by atoms with E-state index in [1.54, 1.807) is 14.0 Å². The van der Waals surface area contributed by atoms with Crippen molar-refractivity contribution < 1.29 is 14.3 Å². The standard InChI is InChI=1S/C24H31N3O5/c1-7-12-31-17-10-8-16(9-11-17)19-18(23(29)32-13-14(2)3)15(4)25-21-20(19)22(28)27(6)24(30)26(21)5/h8-11,14,19,25H,7,12-13H2,1-6H3. The summed E-state index contributed by atoms with van der Waals surface area (Å²) in [5.74, 6) is 0.0964. The van der Waals surface area contributed by atoms with Gasteiger partial charge in [0.05, 0.1) is 30.3 Å². The van der Waals surface area contributed by atoms with Crippen LogP contribution in [-0.2, 0) is 23.6 Å². The summed E-state index contributed by atoms with van der Waals surface area (Å²) in [6, 6.07) is 7.34. The molecule has 1 aromatic heterocycles. The fourth-order valence-electron chi connectivity index (χ4n) is 3.79. The molecule has 0 radical (unpaired) electrons. The Hall–Kier alpha value is -3.29. The molecule has 2 heterocycles. The van der Waals surface area contributed by atoms with Crippen LogP contribution in [0.15, 0.2) is 45.1 Å². The number of hydrogen-bond acceptors (Lipinski definition) is 6. The Labute approximate surface area is 187 Å². The molecule has 3 rings (SSSR count). The Morgan fingerprint density at radius 1 is 1.12 bits per heavy atom. The van der Waals surface area contributed by atoms with Gasteiger partial charge in [-0.15, -0.1) is 0 Å². The third-order valence-electron chi connectivity index (χ3n) is 5.44. The highest BCUT2D eigenvalue weighted by Gasteiger charge is 2.37. The van der Waals surface area contributed by atoms with E-state index >= 15 is 0 Å². The minimum Gasteiger partial charge on any atom is -0.494 e. The van der Waals surface area contributed by atoms with Gasteiger partial charge in [0.15, 0.2) is 0 Å². The first kappa shape index (κ1) is 23.4. The predicted molar refractivity (Wildman–Crippen MR) is 123 cm³/mol. The lowest BCUT2D eigenvalue weighted by molar-refractivity contribution is -0.140. The van der Waals surface area contributed by atoms with Crippen LogP contribution in [0, 0.1) is 5.92 Å². The maximum atomic E-state index is 13.2. The second-order valence-corrected chi connectivity index (χ2v) is 8.47. The van der Waals surface area contributed by atoms with Gasteiger partial charge in [-0.1, -0.05) is 32.9 Å². The fraction of sp³-hybridized carbons (Fsp3) is 0.458. The summed E-state index contributed by atoms with van der Waals surface area (Å²) in [6.45, 7) is 8.57. The molecule has 0 amide bonds. The summed E-state index contributed by atoms with van der Waals surface area (Å²) in [5, 5.41) is 3.10. The highest BCUT2D eigenvalue weighted by Crippen LogP contribution is 2.40. The summed E-state index contributed by atoms with van der Waals surface area (Å²) in [4.78, 5) is 38.9. The molecule has 1 aliphatic heterocycles. The van der Waals surface area contributed by atoms with Crippen LogP contribution in [0.3, 0.4) is 0 Å². The van der Waals surface area contributed by atoms with Crippen molar-refractivity contribution >= 4 is 11.8 Å². The molecule has 1 aliphatic rings. The number of carbonyl (C=O) groups excluding carboxylic acids is 1. The maximum absolute atomic E-state index is 13.2. The molecule has 1 N–H and O–H groups in total. The molecule has 0 fully saturated rings. The van der Waals surface area contributed by atoms with Gasteiger partial charge in [-0.25, -0.2) is 9.59 Å². The van der Waals surface area contributed by atoms with E-state index in [-0.39, 0.29) is 12.5 Å². The zero-order valence-corrected chi connectivity index (χ0v) is 19.5. The number of nitrogens with zero attached hydrogens (tertiary/aromatic N) is 2. The number of anilines is 1. The quantitative estimate of drug-likeness (QED) is 0.665. The van der Waals surface area contributed by atoms with Crippen LogP contribution in [0.5, 0.6) is 5.75 Å². The number of carbonyl (C=O) groups is 1. The van der Waals surface area contributed by atoms with Crippen molar-refractivity contribution in [1.82, 2.24) is 9.13 Å². The number of fused-ring (bicyclic) bond motifs is 1. The molecule has 1 aromatic carbocycles. The summed E-state index contributed by atoms with van der Waals surface area (Å²) in [6.07, 6.45) is 0.890. The van der Waals surface area contributed by atoms with Gasteiger partial charge in [-0.05, 0) is 37.0 Å². The molecule has 0 bridgehead atoms. The molecule has 0 saturated heterocycles. The lowest BCUT2D eigenvalue weighted by Crippen LogP contribution is -2.43. The van der Waals surface area contributed by atoms with E-state index in [1.165, 1.54) is 11.6 Å². The first-order valence-electron chi connectivity index (χ1n) is 10.8. The van der Waals surface area contributed by atoms with E-state index in [2.05, 4.69) is 5.32 Å². The van der Waals surface area contributed by atoms with Crippen molar-refractivity contribution in [2.45, 2.75) is 40.0 Å². The molecular formula is C24H31N3O5. The summed E-state index contributed by atoms with van der Waals surface area (Å²) < 4.78 is 13.7. The number of allylic oxidation sites excluding steroid dienone is 1. The number of aromatic nitrogens is 2. The van der Waals surface area contributed by atoms with Crippen molar-refractivity contribution in [3.63, 3.8) is 0 Å². The minimum atomic E-state index is -0.684. The topological polar surface area (TPSA) is 91.6 Å². The first-order chi connectivity index (χ1) is 15.2. The van der Waals surface area contributed by atoms with Gasteiger partial charge in [0, 0.05) is 19.8 Å². The number of ether oxygens (including phenoxy) is 2. The number of hydrogen-bond donors (Lipinski definition) is 1. The summed E-state index contributed by atoms with van der Waals surface area (Å²) in [5.41, 5.74) is 1.08. The Morgan fingerprint density at radius 3 is 2.38 bits per heavy atom. The Balaban J connectivity index is 2.19. The third-order valence-corrected chi connectivity index (χ3v) is 5.44. The van der Waals surface area contributed by atoms with E-state index in [4.69, 9.17) is 9.47 Å². The second kappa shape index (κ2) is 9.46. The normalized spacial score (nSPS) is 15.4. The number of rotatable bonds is 7. The van der Waals surface area contributed by atoms with E-state index < -0.39 is 23.1 Å². The molecule has 8 heteroatoms. The van der Waals surface area contributed by atoms with Crippen LogP contribution in [0.2, 0.25) is 0 Å². The molecule has 32 heavy (non-hydrogen) atoms. The average molecular weight is 442 g/mol. The van der Waals surface area contributed by atoms with Crippen LogP contribution in [0.1, 0.15) is 51.2 Å². The Bertz CT molecular complexity index is 1160. The van der Waals surface area contributed by atoms with Gasteiger partial charge in [-0.3, -0.25) is 13.9 Å². The minimum absolute atomic E-state index is 0.172. The molecule has 1 unspecified atom stereocenters. The number of nitrogens with one attached hydrogen (secondary N) is 1. The van der Waals surface area contributed by atoms with Crippen LogP contribution < -0.4 is 21.3 Å². The van der Waals surface area contributed by atoms with Crippen LogP contribution in [0.4, 0.5) is 5.82 Å². The zero-order chi connectivity index (χ0) is 23.6. The molecule has 1 atom stereocenters. The number of esters is 1. The van der Waals surface area contributed by atoms with Crippen molar-refractivity contribution in [3.8, 4) is 5.75 Å². The van der Waals surface area contributed by atoms with Crippen LogP contribution in [0.25, 0.3) is 0 Å². The molecular weight excluding hydrogens is 410 g/mol. The summed E-state index contributed by atoms with van der Waals surface area (Å²) in [7, 11) is 3.04. The molecule has 172 valence electrons. The largest absolute Gasteiger partial charge is 0.494 e. The zero-order valence-electron chi connectivity index (χ0n) is 19.5. The van der Waals surface area contributed by atoms with E-state index in [1.807, 2.05) is 45.0 Å². The van der Waals surface area contributed by atoms with Gasteiger partial charge in [0.2, 0.25) is 0 Å². The van der Waals surface area contributed by atoms with E-state index in [0.717, 1.165) is 16.6 Å². The van der Waals surface area contributed by atoms with Gasteiger partial charge in [-0.2, -0.15) is 0 Å². The maximum Gasteiger partial charge on any atom is 0.336 e. The highest BCUT2D eigenvalue weighted by atomic mass is 16.5. The van der Waals surface area contributed by atoms with E-state index in [0.29, 0.717) is 35.0 Å².